The number of carbonyl (C=O) groups excluding carboxylic acids is 5. The minimum Gasteiger partial charge on any atom is -0.396 e. The normalized spacial score (nSPS) is 18.8. The van der Waals surface area contributed by atoms with Gasteiger partial charge in [-0.1, -0.05) is 85.2 Å². The van der Waals surface area contributed by atoms with Crippen LogP contribution in [0.3, 0.4) is 0 Å². The lowest BCUT2D eigenvalue weighted by molar-refractivity contribution is -0.149. The third-order valence-corrected chi connectivity index (χ3v) is 12.2. The standard InChI is InChI=1S/C45H76N4O8/c1-13-31(6)42(48(10)45(55)35(29(2)3)27-38(52)41(30(4)5)47(8)9)39(56-11)28-40(53)49-23-17-21-36(49)43(57-12)32(7)37(51)26-34(44(54)46-22-18-24-50)25-33-19-15-14-16-20-33/h14-16,19-20,29-32,34-36,39,41-43,50H,13,17-18,21-28H2,1-12H3,(H,46,54)/t31-,32-,34+,35-,36-,39+,41-,42-,43+/m0/s1. The van der Waals surface area contributed by atoms with Crippen LogP contribution in [-0.4, -0.2) is 134 Å². The Bertz CT molecular complexity index is 1400. The number of Topliss-reactive ketones (excluding diaryl/α,β-unsaturated/α-hetero) is 2. The Balaban J connectivity index is 2.29. The molecule has 324 valence electrons. The number of hydrogen-bond donors (Lipinski definition) is 2. The van der Waals surface area contributed by atoms with E-state index in [1.54, 1.807) is 26.2 Å². The lowest BCUT2D eigenvalue weighted by Crippen LogP contribution is -2.54. The molecule has 1 fully saturated rings. The van der Waals surface area contributed by atoms with Crippen molar-refractivity contribution < 1.29 is 38.6 Å². The van der Waals surface area contributed by atoms with Crippen molar-refractivity contribution in [3.8, 4) is 0 Å². The molecule has 0 aromatic heterocycles. The lowest BCUT2D eigenvalue weighted by atomic mass is 9.83. The zero-order valence-electron chi connectivity index (χ0n) is 37.2. The minimum absolute atomic E-state index is 0.00573. The van der Waals surface area contributed by atoms with Crippen LogP contribution in [0.4, 0.5) is 0 Å². The average Bonchev–Trinajstić information content (AvgIpc) is 3.65. The van der Waals surface area contributed by atoms with Crippen molar-refractivity contribution in [2.45, 2.75) is 130 Å². The fourth-order valence-electron chi connectivity index (χ4n) is 8.82. The predicted molar refractivity (Wildman–Crippen MR) is 224 cm³/mol. The number of ketones is 2. The summed E-state index contributed by atoms with van der Waals surface area (Å²) in [5.41, 5.74) is 0.948. The van der Waals surface area contributed by atoms with Crippen LogP contribution < -0.4 is 5.32 Å². The van der Waals surface area contributed by atoms with E-state index in [2.05, 4.69) is 19.2 Å². The third-order valence-electron chi connectivity index (χ3n) is 12.2. The Morgan fingerprint density at radius 3 is 2.07 bits per heavy atom. The highest BCUT2D eigenvalue weighted by Gasteiger charge is 2.43. The monoisotopic (exact) mass is 801 g/mol. The predicted octanol–water partition coefficient (Wildman–Crippen LogP) is 5.04. The van der Waals surface area contributed by atoms with Crippen molar-refractivity contribution in [2.24, 2.45) is 35.5 Å². The Labute approximate surface area is 343 Å². The number of amides is 3. The number of methoxy groups -OCH3 is 2. The van der Waals surface area contributed by atoms with E-state index < -0.39 is 36.0 Å². The topological polar surface area (TPSA) is 146 Å². The Kier molecular flexibility index (Phi) is 21.6. The molecule has 0 spiro atoms. The quantitative estimate of drug-likeness (QED) is 0.123. The first-order valence-corrected chi connectivity index (χ1v) is 21.2. The maximum absolute atomic E-state index is 14.3. The summed E-state index contributed by atoms with van der Waals surface area (Å²) in [5.74, 6) is -2.26. The molecule has 57 heavy (non-hydrogen) atoms. The van der Waals surface area contributed by atoms with Crippen molar-refractivity contribution in [3.05, 3.63) is 35.9 Å². The molecule has 0 bridgehead atoms. The van der Waals surface area contributed by atoms with Gasteiger partial charge in [-0.3, -0.25) is 28.9 Å². The maximum Gasteiger partial charge on any atom is 0.226 e. The van der Waals surface area contributed by atoms with E-state index in [1.807, 2.05) is 88.8 Å². The number of carbonyl (C=O) groups is 5. The highest BCUT2D eigenvalue weighted by molar-refractivity contribution is 5.90. The average molecular weight is 801 g/mol. The van der Waals surface area contributed by atoms with Crippen molar-refractivity contribution in [3.63, 3.8) is 0 Å². The van der Waals surface area contributed by atoms with Crippen LogP contribution in [0.2, 0.25) is 0 Å². The molecule has 2 rings (SSSR count). The van der Waals surface area contributed by atoms with Crippen LogP contribution in [0.5, 0.6) is 0 Å². The zero-order chi connectivity index (χ0) is 43.0. The van der Waals surface area contributed by atoms with Crippen molar-refractivity contribution in [2.75, 3.05) is 55.1 Å². The fraction of sp³-hybridized carbons (Fsp3) is 0.756. The summed E-state index contributed by atoms with van der Waals surface area (Å²) in [6.45, 7) is 14.7. The highest BCUT2D eigenvalue weighted by atomic mass is 16.5. The second kappa shape index (κ2) is 24.7. The van der Waals surface area contributed by atoms with Crippen LogP contribution in [0.1, 0.15) is 99.0 Å². The molecule has 1 aliphatic heterocycles. The number of rotatable bonds is 26. The van der Waals surface area contributed by atoms with Crippen molar-refractivity contribution in [1.29, 1.82) is 0 Å². The van der Waals surface area contributed by atoms with Gasteiger partial charge in [0.15, 0.2) is 5.78 Å². The molecular formula is C45H76N4O8. The van der Waals surface area contributed by atoms with Gasteiger partial charge in [0.05, 0.1) is 36.8 Å². The fourth-order valence-corrected chi connectivity index (χ4v) is 8.82. The lowest BCUT2D eigenvalue weighted by Gasteiger charge is -2.41. The van der Waals surface area contributed by atoms with E-state index in [9.17, 15) is 29.1 Å². The summed E-state index contributed by atoms with van der Waals surface area (Å²) in [5, 5.41) is 12.1. The van der Waals surface area contributed by atoms with Gasteiger partial charge in [-0.05, 0) is 63.1 Å². The van der Waals surface area contributed by atoms with Gasteiger partial charge in [-0.25, -0.2) is 0 Å². The molecule has 9 atom stereocenters. The molecule has 12 heteroatoms. The SMILES string of the molecule is CC[C@H](C)[C@@H]([C@@H](CC(=O)N1CCC[C@H]1[C@H](OC)[C@@H](C)C(=O)C[C@@H](Cc1ccccc1)C(=O)NCCCO)OC)N(C)C(=O)[C@@H](CC(=O)[C@H](C(C)C)N(C)C)C(C)C. The first-order chi connectivity index (χ1) is 26.9. The number of nitrogens with zero attached hydrogens (tertiary/aromatic N) is 3. The number of nitrogens with one attached hydrogen (secondary N) is 1. The molecule has 0 aliphatic carbocycles. The Morgan fingerprint density at radius 1 is 0.895 bits per heavy atom. The molecule has 1 aliphatic rings. The second-order valence-corrected chi connectivity index (χ2v) is 17.2. The van der Waals surface area contributed by atoms with E-state index >= 15 is 0 Å². The summed E-state index contributed by atoms with van der Waals surface area (Å²) >= 11 is 0. The zero-order valence-corrected chi connectivity index (χ0v) is 37.2. The number of ether oxygens (including phenoxy) is 2. The van der Waals surface area contributed by atoms with E-state index in [1.165, 1.54) is 0 Å². The smallest absolute Gasteiger partial charge is 0.226 e. The number of aliphatic hydroxyl groups excluding tert-OH is 1. The van der Waals surface area contributed by atoms with Crippen LogP contribution in [0, 0.1) is 35.5 Å². The first-order valence-electron chi connectivity index (χ1n) is 21.2. The molecule has 0 saturated carbocycles. The summed E-state index contributed by atoms with van der Waals surface area (Å²) in [6, 6.07) is 8.52. The van der Waals surface area contributed by atoms with Crippen LogP contribution in [0.15, 0.2) is 30.3 Å². The van der Waals surface area contributed by atoms with E-state index in [4.69, 9.17) is 9.47 Å². The van der Waals surface area contributed by atoms with Crippen molar-refractivity contribution >= 4 is 29.3 Å². The molecule has 0 radical (unpaired) electrons. The number of hydrogen-bond acceptors (Lipinski definition) is 9. The van der Waals surface area contributed by atoms with Crippen molar-refractivity contribution in [1.82, 2.24) is 20.0 Å². The molecule has 1 aromatic rings. The van der Waals surface area contributed by atoms with Crippen LogP contribution in [0.25, 0.3) is 0 Å². The summed E-state index contributed by atoms with van der Waals surface area (Å²) in [7, 11) is 8.70. The molecular weight excluding hydrogens is 725 g/mol. The van der Waals surface area contributed by atoms with Gasteiger partial charge in [0.25, 0.3) is 0 Å². The van der Waals surface area contributed by atoms with Crippen LogP contribution >= 0.6 is 0 Å². The highest BCUT2D eigenvalue weighted by Crippen LogP contribution is 2.32. The molecule has 3 amide bonds. The minimum atomic E-state index is -0.612. The number of likely N-dealkylation sites (tertiary alicyclic amines) is 1. The third kappa shape index (κ3) is 14.3. The molecule has 1 heterocycles. The summed E-state index contributed by atoms with van der Waals surface area (Å²) < 4.78 is 12.1. The largest absolute Gasteiger partial charge is 0.396 e. The van der Waals surface area contributed by atoms with Gasteiger partial charge in [-0.2, -0.15) is 0 Å². The van der Waals surface area contributed by atoms with Gasteiger partial charge < -0.3 is 29.7 Å². The number of likely N-dealkylation sites (N-methyl/N-ethyl adjacent to an activating group) is 2. The molecule has 2 N–H and O–H groups in total. The van der Waals surface area contributed by atoms with Crippen LogP contribution in [-0.2, 0) is 39.9 Å². The first kappa shape index (κ1) is 50.0. The molecule has 12 nitrogen and oxygen atoms in total. The van der Waals surface area contributed by atoms with E-state index in [0.29, 0.717) is 32.4 Å². The van der Waals surface area contributed by atoms with Gasteiger partial charge in [-0.15, -0.1) is 0 Å². The number of aliphatic hydroxyl groups is 1. The molecule has 1 saturated heterocycles. The molecule has 0 unspecified atom stereocenters. The van der Waals surface area contributed by atoms with Gasteiger partial charge >= 0.3 is 0 Å². The Morgan fingerprint density at radius 2 is 1.54 bits per heavy atom. The number of benzene rings is 1. The van der Waals surface area contributed by atoms with E-state index in [0.717, 1.165) is 18.4 Å². The van der Waals surface area contributed by atoms with E-state index in [-0.39, 0.29) is 85.0 Å². The molecule has 1 aromatic carbocycles. The summed E-state index contributed by atoms with van der Waals surface area (Å²) in [6.07, 6.45) is 1.97. The summed E-state index contributed by atoms with van der Waals surface area (Å²) in [4.78, 5) is 74.9. The Hall–Kier alpha value is -3.19. The van der Waals surface area contributed by atoms with Gasteiger partial charge in [0.2, 0.25) is 17.7 Å². The van der Waals surface area contributed by atoms with Gasteiger partial charge in [0, 0.05) is 71.6 Å². The van der Waals surface area contributed by atoms with Gasteiger partial charge in [0.1, 0.15) is 5.78 Å². The maximum atomic E-state index is 14.3. The second-order valence-electron chi connectivity index (χ2n) is 17.2.